The smallest absolute Gasteiger partial charge is 0.426 e. The third-order valence-electron chi connectivity index (χ3n) is 2.25. The van der Waals surface area contributed by atoms with Crippen molar-refractivity contribution in [3.63, 3.8) is 0 Å². The molecule has 3 amide bonds. The molecular weight excluding hydrogens is 258 g/mol. The minimum atomic E-state index is -0.671. The molecule has 2 N–H and O–H groups in total. The quantitative estimate of drug-likeness (QED) is 0.816. The molecule has 0 bridgehead atoms. The number of benzene rings is 1. The molecule has 1 aromatic carbocycles. The Kier molecular flexibility index (Phi) is 5.37. The molecule has 0 aliphatic heterocycles. The second-order valence-electron chi connectivity index (χ2n) is 5.32. The number of nitrogens with zero attached hydrogens (tertiary/aromatic N) is 1. The Morgan fingerprint density at radius 1 is 1.20 bits per heavy atom. The lowest BCUT2D eigenvalue weighted by atomic mass is 10.2. The van der Waals surface area contributed by atoms with E-state index in [9.17, 15) is 9.59 Å². The largest absolute Gasteiger partial charge is 0.443 e. The average Bonchev–Trinajstić information content (AvgIpc) is 2.34. The summed E-state index contributed by atoms with van der Waals surface area (Å²) in [5.74, 6) is 0. The predicted molar refractivity (Wildman–Crippen MR) is 75.8 cm³/mol. The average molecular weight is 279 g/mol. The van der Waals surface area contributed by atoms with Crippen molar-refractivity contribution in [2.24, 2.45) is 0 Å². The summed E-state index contributed by atoms with van der Waals surface area (Å²) >= 11 is 0. The third-order valence-corrected chi connectivity index (χ3v) is 2.25. The van der Waals surface area contributed by atoms with Gasteiger partial charge in [0.15, 0.2) is 0 Å². The van der Waals surface area contributed by atoms with Crippen LogP contribution in [0.2, 0.25) is 0 Å². The number of ether oxygens (including phenoxy) is 1. The predicted octanol–water partition coefficient (Wildman–Crippen LogP) is 2.27. The molecule has 0 atom stereocenters. The van der Waals surface area contributed by atoms with E-state index < -0.39 is 17.7 Å². The first-order valence-electron chi connectivity index (χ1n) is 6.33. The fourth-order valence-electron chi connectivity index (χ4n) is 1.38. The number of carbonyl (C=O) groups excluding carboxylic acids is 2. The number of amides is 3. The van der Waals surface area contributed by atoms with Crippen LogP contribution in [0.5, 0.6) is 0 Å². The van der Waals surface area contributed by atoms with E-state index in [-0.39, 0.29) is 0 Å². The molecule has 0 heterocycles. The van der Waals surface area contributed by atoms with Crippen LogP contribution in [0.1, 0.15) is 26.3 Å². The second-order valence-corrected chi connectivity index (χ2v) is 5.32. The summed E-state index contributed by atoms with van der Waals surface area (Å²) in [5.41, 5.74) is 2.71. The van der Waals surface area contributed by atoms with Crippen LogP contribution in [0.15, 0.2) is 30.3 Å². The van der Waals surface area contributed by atoms with Crippen molar-refractivity contribution in [3.8, 4) is 0 Å². The van der Waals surface area contributed by atoms with Gasteiger partial charge in [-0.15, -0.1) is 0 Å². The van der Waals surface area contributed by atoms with E-state index in [0.29, 0.717) is 6.54 Å². The van der Waals surface area contributed by atoms with Gasteiger partial charge in [0.25, 0.3) is 0 Å². The van der Waals surface area contributed by atoms with E-state index in [4.69, 9.17) is 4.74 Å². The summed E-state index contributed by atoms with van der Waals surface area (Å²) in [6.07, 6.45) is -0.671. The van der Waals surface area contributed by atoms with E-state index in [0.717, 1.165) is 10.6 Å². The Balaban J connectivity index is 2.38. The zero-order valence-electron chi connectivity index (χ0n) is 12.3. The van der Waals surface area contributed by atoms with Gasteiger partial charge in [0.05, 0.1) is 0 Å². The minimum absolute atomic E-state index is 0.389. The normalized spacial score (nSPS) is 10.6. The van der Waals surface area contributed by atoms with Gasteiger partial charge < -0.3 is 10.1 Å². The van der Waals surface area contributed by atoms with Crippen molar-refractivity contribution in [1.82, 2.24) is 15.8 Å². The Labute approximate surface area is 119 Å². The molecule has 0 saturated carbocycles. The molecule has 1 rings (SSSR count). The van der Waals surface area contributed by atoms with Crippen LogP contribution >= 0.6 is 0 Å². The van der Waals surface area contributed by atoms with Gasteiger partial charge in [-0.2, -0.15) is 0 Å². The van der Waals surface area contributed by atoms with E-state index >= 15 is 0 Å². The molecule has 1 aromatic rings. The minimum Gasteiger partial charge on any atom is -0.443 e. The monoisotopic (exact) mass is 279 g/mol. The van der Waals surface area contributed by atoms with Crippen LogP contribution in [-0.4, -0.2) is 29.8 Å². The standard InChI is InChI=1S/C14H21N3O3/c1-14(2,3)20-13(19)16-17(4)12(18)15-10-11-8-6-5-7-9-11/h5-9H,10H2,1-4H3,(H,15,18)(H,16,19). The van der Waals surface area contributed by atoms with Crippen molar-refractivity contribution in [3.05, 3.63) is 35.9 Å². The summed E-state index contributed by atoms with van der Waals surface area (Å²) in [6, 6.07) is 9.08. The Morgan fingerprint density at radius 3 is 2.35 bits per heavy atom. The maximum atomic E-state index is 11.8. The van der Waals surface area contributed by atoms with Gasteiger partial charge in [-0.25, -0.2) is 20.0 Å². The zero-order chi connectivity index (χ0) is 15.2. The number of nitrogens with one attached hydrogen (secondary N) is 2. The number of urea groups is 1. The summed E-state index contributed by atoms with van der Waals surface area (Å²) in [6.45, 7) is 5.65. The molecule has 0 fully saturated rings. The SMILES string of the molecule is CN(NC(=O)OC(C)(C)C)C(=O)NCc1ccccc1. The molecule has 0 radical (unpaired) electrons. The van der Waals surface area contributed by atoms with Crippen LogP contribution in [0.4, 0.5) is 9.59 Å². The molecule has 20 heavy (non-hydrogen) atoms. The molecule has 0 aromatic heterocycles. The van der Waals surface area contributed by atoms with E-state index in [1.807, 2.05) is 30.3 Å². The first-order chi connectivity index (χ1) is 9.28. The van der Waals surface area contributed by atoms with Gasteiger partial charge in [-0.1, -0.05) is 30.3 Å². The first kappa shape index (κ1) is 15.8. The van der Waals surface area contributed by atoms with E-state index in [1.165, 1.54) is 7.05 Å². The molecule has 0 spiro atoms. The lowest BCUT2D eigenvalue weighted by Gasteiger charge is -2.23. The summed E-state index contributed by atoms with van der Waals surface area (Å²) < 4.78 is 5.05. The molecule has 0 aliphatic carbocycles. The van der Waals surface area contributed by atoms with Crippen molar-refractivity contribution >= 4 is 12.1 Å². The lowest BCUT2D eigenvalue weighted by Crippen LogP contribution is -2.49. The number of rotatable bonds is 2. The Morgan fingerprint density at radius 2 is 1.80 bits per heavy atom. The van der Waals surface area contributed by atoms with Crippen molar-refractivity contribution in [2.75, 3.05) is 7.05 Å². The molecular formula is C14H21N3O3. The highest BCUT2D eigenvalue weighted by atomic mass is 16.6. The summed E-state index contributed by atoms with van der Waals surface area (Å²) in [5, 5.41) is 3.74. The molecule has 0 saturated heterocycles. The first-order valence-corrected chi connectivity index (χ1v) is 6.33. The fourth-order valence-corrected chi connectivity index (χ4v) is 1.38. The zero-order valence-corrected chi connectivity index (χ0v) is 12.3. The highest BCUT2D eigenvalue weighted by Crippen LogP contribution is 2.06. The summed E-state index contributed by atoms with van der Waals surface area (Å²) in [7, 11) is 1.45. The number of hydrogen-bond donors (Lipinski definition) is 2. The van der Waals surface area contributed by atoms with Gasteiger partial charge >= 0.3 is 12.1 Å². The van der Waals surface area contributed by atoms with Gasteiger partial charge in [-0.3, -0.25) is 0 Å². The molecule has 0 aliphatic rings. The molecule has 6 heteroatoms. The van der Waals surface area contributed by atoms with Crippen molar-refractivity contribution in [1.29, 1.82) is 0 Å². The van der Waals surface area contributed by atoms with Gasteiger partial charge in [-0.05, 0) is 26.3 Å². The van der Waals surface area contributed by atoms with Crippen molar-refractivity contribution in [2.45, 2.75) is 32.9 Å². The number of carbonyl (C=O) groups is 2. The summed E-state index contributed by atoms with van der Waals surface area (Å²) in [4.78, 5) is 23.3. The van der Waals surface area contributed by atoms with Crippen LogP contribution in [-0.2, 0) is 11.3 Å². The maximum absolute atomic E-state index is 11.8. The van der Waals surface area contributed by atoms with Crippen LogP contribution < -0.4 is 10.7 Å². The topological polar surface area (TPSA) is 70.7 Å². The Bertz CT molecular complexity index is 454. The molecule has 6 nitrogen and oxygen atoms in total. The van der Waals surface area contributed by atoms with Crippen LogP contribution in [0.25, 0.3) is 0 Å². The Hall–Kier alpha value is -2.24. The van der Waals surface area contributed by atoms with E-state index in [2.05, 4.69) is 10.7 Å². The second kappa shape index (κ2) is 6.79. The van der Waals surface area contributed by atoms with Crippen LogP contribution in [0, 0.1) is 0 Å². The molecule has 0 unspecified atom stereocenters. The molecule has 110 valence electrons. The lowest BCUT2D eigenvalue weighted by molar-refractivity contribution is 0.0405. The highest BCUT2D eigenvalue weighted by Gasteiger charge is 2.18. The van der Waals surface area contributed by atoms with Crippen LogP contribution in [0.3, 0.4) is 0 Å². The fraction of sp³-hybridized carbons (Fsp3) is 0.429. The maximum Gasteiger partial charge on any atom is 0.426 e. The van der Waals surface area contributed by atoms with E-state index in [1.54, 1.807) is 20.8 Å². The van der Waals surface area contributed by atoms with Gasteiger partial charge in [0, 0.05) is 13.6 Å². The highest BCUT2D eigenvalue weighted by molar-refractivity contribution is 5.77. The number of hydrazine groups is 1. The van der Waals surface area contributed by atoms with Gasteiger partial charge in [0.1, 0.15) is 5.60 Å². The third kappa shape index (κ3) is 6.08. The van der Waals surface area contributed by atoms with Crippen molar-refractivity contribution < 1.29 is 14.3 Å². The number of hydrogen-bond acceptors (Lipinski definition) is 3. The van der Waals surface area contributed by atoms with Gasteiger partial charge in [0.2, 0.25) is 0 Å².